The van der Waals surface area contributed by atoms with Crippen molar-refractivity contribution in [2.45, 2.75) is 12.8 Å². The minimum atomic E-state index is -0.727. The van der Waals surface area contributed by atoms with E-state index in [0.717, 1.165) is 30.0 Å². The summed E-state index contributed by atoms with van der Waals surface area (Å²) in [5, 5.41) is 16.2. The summed E-state index contributed by atoms with van der Waals surface area (Å²) in [6.07, 6.45) is 7.10. The standard InChI is InChI=1S/C21H16FN3O5/c22-13-5-7-15(16(9-13)25(28)29)17-8-6-14(30-17)10-23-24-20(26)18-11-1-2-12(4-3-11)19(18)21(24)27/h1-2,5-12,18-19H,3-4H2/b23-10-/t11-,12-,18-,19+/m0/s1. The number of amides is 2. The van der Waals surface area contributed by atoms with Gasteiger partial charge in [0.15, 0.2) is 0 Å². The lowest BCUT2D eigenvalue weighted by Gasteiger charge is -2.37. The molecule has 152 valence electrons. The van der Waals surface area contributed by atoms with Crippen LogP contribution in [0.2, 0.25) is 0 Å². The van der Waals surface area contributed by atoms with Crippen LogP contribution in [0.3, 0.4) is 0 Å². The summed E-state index contributed by atoms with van der Waals surface area (Å²) in [5.74, 6) is -1.53. The van der Waals surface area contributed by atoms with Gasteiger partial charge in [0.1, 0.15) is 17.3 Å². The molecule has 1 saturated heterocycles. The lowest BCUT2D eigenvalue weighted by Crippen LogP contribution is -2.38. The molecule has 4 aliphatic rings. The molecule has 2 bridgehead atoms. The summed E-state index contributed by atoms with van der Waals surface area (Å²) in [7, 11) is 0. The third-order valence-electron chi connectivity index (χ3n) is 6.09. The Balaban J connectivity index is 1.40. The van der Waals surface area contributed by atoms with Crippen molar-refractivity contribution < 1.29 is 23.3 Å². The Kier molecular flexibility index (Phi) is 4.12. The lowest BCUT2D eigenvalue weighted by molar-refractivity contribution is -0.384. The summed E-state index contributed by atoms with van der Waals surface area (Å²) in [4.78, 5) is 36.0. The summed E-state index contributed by atoms with van der Waals surface area (Å²) in [6, 6.07) is 6.17. The van der Waals surface area contributed by atoms with E-state index in [2.05, 4.69) is 5.10 Å². The van der Waals surface area contributed by atoms with Crippen LogP contribution in [0.1, 0.15) is 18.6 Å². The molecule has 0 N–H and O–H groups in total. The lowest BCUT2D eigenvalue weighted by atomic mass is 9.63. The topological polar surface area (TPSA) is 106 Å². The molecule has 9 heteroatoms. The van der Waals surface area contributed by atoms with Gasteiger partial charge >= 0.3 is 0 Å². The van der Waals surface area contributed by atoms with Crippen molar-refractivity contribution in [1.29, 1.82) is 0 Å². The number of imide groups is 1. The molecular formula is C21H16FN3O5. The summed E-state index contributed by atoms with van der Waals surface area (Å²) in [6.45, 7) is 0. The highest BCUT2D eigenvalue weighted by Crippen LogP contribution is 2.49. The number of nitrogens with zero attached hydrogens (tertiary/aromatic N) is 3. The van der Waals surface area contributed by atoms with Crippen molar-refractivity contribution >= 4 is 23.7 Å². The number of furan rings is 1. The quantitative estimate of drug-likeness (QED) is 0.253. The average Bonchev–Trinajstić information content (AvgIpc) is 3.31. The largest absolute Gasteiger partial charge is 0.455 e. The molecule has 1 aromatic carbocycles. The monoisotopic (exact) mass is 409 g/mol. The van der Waals surface area contributed by atoms with Crippen LogP contribution < -0.4 is 0 Å². The molecule has 2 heterocycles. The van der Waals surface area contributed by atoms with Crippen molar-refractivity contribution in [3.05, 3.63) is 64.2 Å². The molecule has 1 aliphatic heterocycles. The third kappa shape index (κ3) is 2.77. The van der Waals surface area contributed by atoms with Crippen LogP contribution in [0.5, 0.6) is 0 Å². The Morgan fingerprint density at radius 3 is 2.37 bits per heavy atom. The first kappa shape index (κ1) is 18.4. The van der Waals surface area contributed by atoms with E-state index in [0.29, 0.717) is 0 Å². The SMILES string of the molecule is O=C1[C@@H]2[C@H](C(=O)N1/N=C\c1ccc(-c3ccc(F)cc3[N+](=O)[O-])o1)[C@H]1C=C[C@H]2CC1. The molecule has 0 radical (unpaired) electrons. The van der Waals surface area contributed by atoms with Gasteiger partial charge in [-0.1, -0.05) is 12.2 Å². The number of carbonyl (C=O) groups excluding carboxylic acids is 2. The Morgan fingerprint density at radius 2 is 1.77 bits per heavy atom. The van der Waals surface area contributed by atoms with Crippen molar-refractivity contribution in [2.24, 2.45) is 28.8 Å². The van der Waals surface area contributed by atoms with Crippen molar-refractivity contribution in [2.75, 3.05) is 0 Å². The van der Waals surface area contributed by atoms with Gasteiger partial charge in [-0.05, 0) is 48.9 Å². The molecule has 2 aromatic rings. The molecule has 4 atom stereocenters. The predicted octanol–water partition coefficient (Wildman–Crippen LogP) is 3.53. The Labute approximate surface area is 169 Å². The average molecular weight is 409 g/mol. The van der Waals surface area contributed by atoms with Crippen molar-refractivity contribution in [3.63, 3.8) is 0 Å². The van der Waals surface area contributed by atoms with E-state index in [1.807, 2.05) is 12.2 Å². The number of carbonyl (C=O) groups is 2. The van der Waals surface area contributed by atoms with Gasteiger partial charge in [-0.2, -0.15) is 10.1 Å². The fourth-order valence-corrected chi connectivity index (χ4v) is 4.72. The number of hydrogen-bond donors (Lipinski definition) is 0. The van der Waals surface area contributed by atoms with E-state index in [-0.39, 0.29) is 52.6 Å². The first-order chi connectivity index (χ1) is 14.4. The van der Waals surface area contributed by atoms with Gasteiger partial charge in [0.25, 0.3) is 17.5 Å². The van der Waals surface area contributed by atoms with Gasteiger partial charge < -0.3 is 4.42 Å². The number of halogens is 1. The number of nitro benzene ring substituents is 1. The van der Waals surface area contributed by atoms with E-state index >= 15 is 0 Å². The fraction of sp³-hybridized carbons (Fsp3) is 0.286. The Bertz CT molecular complexity index is 1110. The van der Waals surface area contributed by atoms with Gasteiger partial charge in [0.05, 0.1) is 34.6 Å². The molecule has 2 fully saturated rings. The minimum Gasteiger partial charge on any atom is -0.455 e. The number of rotatable bonds is 4. The molecule has 0 spiro atoms. The van der Waals surface area contributed by atoms with Crippen LogP contribution in [0, 0.1) is 39.6 Å². The second-order valence-corrected chi connectivity index (χ2v) is 7.69. The van der Waals surface area contributed by atoms with Gasteiger partial charge in [-0.15, -0.1) is 0 Å². The Hall–Kier alpha value is -3.62. The maximum Gasteiger partial charge on any atom is 0.283 e. The number of benzene rings is 1. The van der Waals surface area contributed by atoms with E-state index in [9.17, 15) is 24.1 Å². The van der Waals surface area contributed by atoms with Gasteiger partial charge in [-0.25, -0.2) is 4.39 Å². The highest BCUT2D eigenvalue weighted by atomic mass is 19.1. The van der Waals surface area contributed by atoms with Crippen LogP contribution in [0.15, 0.2) is 52.0 Å². The number of fused-ring (bicyclic) bond motifs is 1. The molecule has 30 heavy (non-hydrogen) atoms. The molecule has 8 nitrogen and oxygen atoms in total. The normalized spacial score (nSPS) is 27.3. The summed E-state index contributed by atoms with van der Waals surface area (Å²) in [5.41, 5.74) is -0.312. The van der Waals surface area contributed by atoms with Gasteiger partial charge in [-0.3, -0.25) is 19.7 Å². The molecule has 1 saturated carbocycles. The van der Waals surface area contributed by atoms with Crippen LogP contribution in [0.25, 0.3) is 11.3 Å². The fourth-order valence-electron chi connectivity index (χ4n) is 4.72. The first-order valence-electron chi connectivity index (χ1n) is 9.58. The van der Waals surface area contributed by atoms with Crippen LogP contribution in [-0.2, 0) is 9.59 Å². The minimum absolute atomic E-state index is 0.0749. The number of allylic oxidation sites excluding steroid dienone is 2. The van der Waals surface area contributed by atoms with Crippen molar-refractivity contribution in [1.82, 2.24) is 5.01 Å². The summed E-state index contributed by atoms with van der Waals surface area (Å²) >= 11 is 0. The zero-order valence-corrected chi connectivity index (χ0v) is 15.6. The maximum atomic E-state index is 13.4. The second kappa shape index (κ2) is 6.72. The number of nitro groups is 1. The second-order valence-electron chi connectivity index (χ2n) is 7.69. The Morgan fingerprint density at radius 1 is 1.10 bits per heavy atom. The molecule has 6 rings (SSSR count). The molecular weight excluding hydrogens is 393 g/mol. The zero-order chi connectivity index (χ0) is 21.0. The number of hydrazone groups is 1. The van der Waals surface area contributed by atoms with E-state index < -0.39 is 16.4 Å². The molecule has 0 unspecified atom stereocenters. The van der Waals surface area contributed by atoms with Crippen LogP contribution in [0.4, 0.5) is 10.1 Å². The zero-order valence-electron chi connectivity index (χ0n) is 15.6. The highest BCUT2D eigenvalue weighted by Gasteiger charge is 2.56. The highest BCUT2D eigenvalue weighted by molar-refractivity contribution is 6.06. The third-order valence-corrected chi connectivity index (χ3v) is 6.09. The van der Waals surface area contributed by atoms with Gasteiger partial charge in [0.2, 0.25) is 0 Å². The molecule has 2 amide bonds. The van der Waals surface area contributed by atoms with E-state index in [4.69, 9.17) is 4.42 Å². The number of hydrogen-bond acceptors (Lipinski definition) is 6. The molecule has 1 aromatic heterocycles. The summed E-state index contributed by atoms with van der Waals surface area (Å²) < 4.78 is 18.9. The van der Waals surface area contributed by atoms with Crippen molar-refractivity contribution in [3.8, 4) is 11.3 Å². The smallest absolute Gasteiger partial charge is 0.283 e. The maximum absolute atomic E-state index is 13.4. The predicted molar refractivity (Wildman–Crippen MR) is 103 cm³/mol. The van der Waals surface area contributed by atoms with E-state index in [1.165, 1.54) is 24.4 Å². The van der Waals surface area contributed by atoms with Gasteiger partial charge in [0, 0.05) is 0 Å². The van der Waals surface area contributed by atoms with E-state index in [1.54, 1.807) is 0 Å². The van der Waals surface area contributed by atoms with Crippen LogP contribution >= 0.6 is 0 Å². The molecule has 3 aliphatic carbocycles. The van der Waals surface area contributed by atoms with Crippen LogP contribution in [-0.4, -0.2) is 28.0 Å². The first-order valence-corrected chi connectivity index (χ1v) is 9.58.